The van der Waals surface area contributed by atoms with Crippen LogP contribution in [0.1, 0.15) is 30.1 Å². The summed E-state index contributed by atoms with van der Waals surface area (Å²) < 4.78 is 2.82. The number of nitrogens with zero attached hydrogens (tertiary/aromatic N) is 2. The smallest absolute Gasteiger partial charge is 0.177 e. The second-order valence-corrected chi connectivity index (χ2v) is 5.99. The Hall–Kier alpha value is -1.43. The topological polar surface area (TPSA) is 44.2 Å². The van der Waals surface area contributed by atoms with Gasteiger partial charge in [0.2, 0.25) is 0 Å². The molecule has 0 amide bonds. The van der Waals surface area contributed by atoms with E-state index in [1.165, 1.54) is 5.56 Å². The molecule has 0 atom stereocenters. The van der Waals surface area contributed by atoms with Gasteiger partial charge in [0.25, 0.3) is 0 Å². The Labute approximate surface area is 130 Å². The Morgan fingerprint density at radius 1 is 1.19 bits per heavy atom. The van der Waals surface area contributed by atoms with Crippen LogP contribution in [0.5, 0.6) is 0 Å². The fourth-order valence-corrected chi connectivity index (χ4v) is 3.44. The van der Waals surface area contributed by atoms with Crippen molar-refractivity contribution in [3.05, 3.63) is 52.6 Å². The van der Waals surface area contributed by atoms with Gasteiger partial charge in [0.15, 0.2) is 4.77 Å². The van der Waals surface area contributed by atoms with Gasteiger partial charge in [-0.3, -0.25) is 4.90 Å². The molecule has 1 aromatic carbocycles. The number of rotatable bonds is 4. The number of hydrogen-bond donors (Lipinski definition) is 2. The van der Waals surface area contributed by atoms with E-state index in [0.717, 1.165) is 42.9 Å². The van der Waals surface area contributed by atoms with E-state index in [2.05, 4.69) is 44.8 Å². The summed E-state index contributed by atoms with van der Waals surface area (Å²) >= 11 is 5.34. The highest BCUT2D eigenvalue weighted by Gasteiger charge is 2.22. The SMILES string of the molecule is OCc1c[nH]c(=S)n1C1CCN(Cc2ccccc2)CC1. The van der Waals surface area contributed by atoms with Crippen LogP contribution in [-0.2, 0) is 13.2 Å². The average molecular weight is 303 g/mol. The van der Waals surface area contributed by atoms with Gasteiger partial charge in [-0.1, -0.05) is 30.3 Å². The molecule has 3 rings (SSSR count). The number of H-pyrrole nitrogens is 1. The van der Waals surface area contributed by atoms with Crippen LogP contribution >= 0.6 is 12.2 Å². The molecule has 4 nitrogen and oxygen atoms in total. The maximum Gasteiger partial charge on any atom is 0.177 e. The molecule has 5 heteroatoms. The molecule has 1 saturated heterocycles. The monoisotopic (exact) mass is 303 g/mol. The zero-order chi connectivity index (χ0) is 14.7. The largest absolute Gasteiger partial charge is 0.390 e. The predicted octanol–water partition coefficient (Wildman–Crippen LogP) is 2.88. The summed E-state index contributed by atoms with van der Waals surface area (Å²) in [6.45, 7) is 3.19. The third-order valence-electron chi connectivity index (χ3n) is 4.22. The molecule has 2 aromatic rings. The standard InChI is InChI=1S/C16H21N3OS/c20-12-15-10-17-16(21)19(15)14-6-8-18(9-7-14)11-13-4-2-1-3-5-13/h1-5,10,14,20H,6-9,11-12H2,(H,17,21). The van der Waals surface area contributed by atoms with Crippen molar-refractivity contribution in [2.75, 3.05) is 13.1 Å². The summed E-state index contributed by atoms with van der Waals surface area (Å²) in [5.41, 5.74) is 2.26. The molecule has 1 fully saturated rings. The predicted molar refractivity (Wildman–Crippen MR) is 85.5 cm³/mol. The average Bonchev–Trinajstić information content (AvgIpc) is 2.90. The van der Waals surface area contributed by atoms with E-state index in [9.17, 15) is 5.11 Å². The van der Waals surface area contributed by atoms with Gasteiger partial charge in [0.1, 0.15) is 0 Å². The summed E-state index contributed by atoms with van der Waals surface area (Å²) in [5, 5.41) is 9.41. The lowest BCUT2D eigenvalue weighted by atomic mass is 10.0. The van der Waals surface area contributed by atoms with E-state index in [4.69, 9.17) is 12.2 Å². The van der Waals surface area contributed by atoms with Crippen LogP contribution in [0.4, 0.5) is 0 Å². The Morgan fingerprint density at radius 3 is 2.57 bits per heavy atom. The molecular weight excluding hydrogens is 282 g/mol. The van der Waals surface area contributed by atoms with Crippen LogP contribution in [0, 0.1) is 4.77 Å². The molecule has 21 heavy (non-hydrogen) atoms. The fraction of sp³-hybridized carbons (Fsp3) is 0.438. The van der Waals surface area contributed by atoms with Crippen molar-refractivity contribution in [3.8, 4) is 0 Å². The van der Waals surface area contributed by atoms with Gasteiger partial charge in [-0.15, -0.1) is 0 Å². The molecule has 2 N–H and O–H groups in total. The number of benzene rings is 1. The maximum atomic E-state index is 9.41. The molecule has 0 aliphatic carbocycles. The number of aliphatic hydroxyl groups excluding tert-OH is 1. The van der Waals surface area contributed by atoms with Gasteiger partial charge in [-0.25, -0.2) is 0 Å². The summed E-state index contributed by atoms with van der Waals surface area (Å²) in [7, 11) is 0. The molecule has 1 aliphatic heterocycles. The van der Waals surface area contributed by atoms with Crippen LogP contribution in [0.15, 0.2) is 36.5 Å². The first kappa shape index (κ1) is 14.5. The van der Waals surface area contributed by atoms with Crippen molar-refractivity contribution in [3.63, 3.8) is 0 Å². The molecule has 0 bridgehead atoms. The number of nitrogens with one attached hydrogen (secondary N) is 1. The summed E-state index contributed by atoms with van der Waals surface area (Å²) in [5.74, 6) is 0. The van der Waals surface area contributed by atoms with Crippen molar-refractivity contribution < 1.29 is 5.11 Å². The van der Waals surface area contributed by atoms with E-state index in [0.29, 0.717) is 6.04 Å². The van der Waals surface area contributed by atoms with Crippen LogP contribution in [-0.4, -0.2) is 32.6 Å². The summed E-state index contributed by atoms with van der Waals surface area (Å²) in [4.78, 5) is 5.53. The second-order valence-electron chi connectivity index (χ2n) is 5.61. The number of imidazole rings is 1. The van der Waals surface area contributed by atoms with E-state index in [-0.39, 0.29) is 6.61 Å². The quantitative estimate of drug-likeness (QED) is 0.854. The third-order valence-corrected chi connectivity index (χ3v) is 4.54. The molecule has 2 heterocycles. The summed E-state index contributed by atoms with van der Waals surface area (Å²) in [6, 6.07) is 11.0. The Kier molecular flexibility index (Phi) is 4.53. The Morgan fingerprint density at radius 2 is 1.90 bits per heavy atom. The second kappa shape index (κ2) is 6.56. The molecule has 0 unspecified atom stereocenters. The first-order valence-corrected chi connectivity index (χ1v) is 7.84. The number of hydrogen-bond acceptors (Lipinski definition) is 3. The van der Waals surface area contributed by atoms with E-state index in [1.54, 1.807) is 0 Å². The van der Waals surface area contributed by atoms with E-state index < -0.39 is 0 Å². The highest BCUT2D eigenvalue weighted by atomic mass is 32.1. The van der Waals surface area contributed by atoms with Gasteiger partial charge in [-0.2, -0.15) is 0 Å². The molecule has 1 aliphatic rings. The van der Waals surface area contributed by atoms with E-state index in [1.807, 2.05) is 6.20 Å². The van der Waals surface area contributed by atoms with Crippen molar-refractivity contribution in [1.29, 1.82) is 0 Å². The van der Waals surface area contributed by atoms with Gasteiger partial charge < -0.3 is 14.7 Å². The molecular formula is C16H21N3OS. The van der Waals surface area contributed by atoms with Gasteiger partial charge in [-0.05, 0) is 30.6 Å². The van der Waals surface area contributed by atoms with Crippen LogP contribution in [0.2, 0.25) is 0 Å². The zero-order valence-electron chi connectivity index (χ0n) is 12.0. The number of aromatic amines is 1. The molecule has 112 valence electrons. The maximum absolute atomic E-state index is 9.41. The first-order valence-electron chi connectivity index (χ1n) is 7.44. The minimum absolute atomic E-state index is 0.0391. The van der Waals surface area contributed by atoms with Crippen molar-refractivity contribution in [2.45, 2.75) is 32.0 Å². The van der Waals surface area contributed by atoms with Gasteiger partial charge in [0.05, 0.1) is 12.3 Å². The normalized spacial score (nSPS) is 17.2. The van der Waals surface area contributed by atoms with Crippen molar-refractivity contribution >= 4 is 12.2 Å². The third kappa shape index (κ3) is 3.26. The van der Waals surface area contributed by atoms with E-state index >= 15 is 0 Å². The highest BCUT2D eigenvalue weighted by molar-refractivity contribution is 7.71. The number of aliphatic hydroxyl groups is 1. The minimum Gasteiger partial charge on any atom is -0.390 e. The lowest BCUT2D eigenvalue weighted by Gasteiger charge is -2.33. The van der Waals surface area contributed by atoms with Gasteiger partial charge >= 0.3 is 0 Å². The first-order chi connectivity index (χ1) is 10.3. The Balaban J connectivity index is 1.63. The lowest BCUT2D eigenvalue weighted by Crippen LogP contribution is -2.34. The molecule has 0 spiro atoms. The fourth-order valence-electron chi connectivity index (χ4n) is 3.11. The molecule has 0 saturated carbocycles. The Bertz CT molecular complexity index is 626. The minimum atomic E-state index is 0.0391. The zero-order valence-corrected chi connectivity index (χ0v) is 12.9. The van der Waals surface area contributed by atoms with Crippen LogP contribution in [0.25, 0.3) is 0 Å². The lowest BCUT2D eigenvalue weighted by molar-refractivity contribution is 0.172. The van der Waals surface area contributed by atoms with Crippen LogP contribution in [0.3, 0.4) is 0 Å². The van der Waals surface area contributed by atoms with Crippen LogP contribution < -0.4 is 0 Å². The summed E-state index contributed by atoms with van der Waals surface area (Å²) in [6.07, 6.45) is 3.97. The van der Waals surface area contributed by atoms with Gasteiger partial charge in [0, 0.05) is 31.9 Å². The number of aromatic nitrogens is 2. The highest BCUT2D eigenvalue weighted by Crippen LogP contribution is 2.25. The molecule has 1 aromatic heterocycles. The van der Waals surface area contributed by atoms with Crippen molar-refractivity contribution in [1.82, 2.24) is 14.5 Å². The van der Waals surface area contributed by atoms with Crippen molar-refractivity contribution in [2.24, 2.45) is 0 Å². The molecule has 0 radical (unpaired) electrons. The number of likely N-dealkylation sites (tertiary alicyclic amines) is 1. The number of piperidine rings is 1.